The molecule has 0 aliphatic heterocycles. The number of halogens is 3. The van der Waals surface area contributed by atoms with E-state index in [0.717, 1.165) is 12.1 Å². The number of rotatable bonds is 5. The smallest absolute Gasteiger partial charge is 0.416 e. The summed E-state index contributed by atoms with van der Waals surface area (Å²) in [6, 6.07) is 16.8. The summed E-state index contributed by atoms with van der Waals surface area (Å²) in [4.78, 5) is 18.0. The molecule has 3 aromatic carbocycles. The summed E-state index contributed by atoms with van der Waals surface area (Å²) in [7, 11) is 3.02. The molecule has 0 bridgehead atoms. The molecule has 0 N–H and O–H groups in total. The van der Waals surface area contributed by atoms with Crippen LogP contribution in [0, 0.1) is 0 Å². The number of fused-ring (bicyclic) bond motifs is 1. The number of ether oxygens (including phenoxy) is 2. The van der Waals surface area contributed by atoms with Gasteiger partial charge in [0.25, 0.3) is 5.56 Å². The van der Waals surface area contributed by atoms with Crippen LogP contribution in [0.2, 0.25) is 0 Å². The fourth-order valence-corrected chi connectivity index (χ4v) is 3.49. The Hall–Kier alpha value is -3.81. The third-order valence-corrected chi connectivity index (χ3v) is 5.13. The maximum atomic E-state index is 13.3. The normalized spacial score (nSPS) is 11.5. The third kappa shape index (κ3) is 4.03. The lowest BCUT2D eigenvalue weighted by Gasteiger charge is -2.16. The van der Waals surface area contributed by atoms with Crippen LogP contribution in [0.1, 0.15) is 11.1 Å². The second-order valence-corrected chi connectivity index (χ2v) is 7.11. The minimum absolute atomic E-state index is 0.0541. The first kappa shape index (κ1) is 21.4. The molecule has 0 spiro atoms. The number of aromatic nitrogens is 2. The highest BCUT2D eigenvalue weighted by atomic mass is 19.4. The van der Waals surface area contributed by atoms with Crippen LogP contribution < -0.4 is 15.0 Å². The molecule has 5 nitrogen and oxygen atoms in total. The first-order valence-electron chi connectivity index (χ1n) is 9.70. The van der Waals surface area contributed by atoms with Gasteiger partial charge in [0.1, 0.15) is 5.82 Å². The molecule has 0 fully saturated rings. The van der Waals surface area contributed by atoms with Gasteiger partial charge in [-0.3, -0.25) is 9.36 Å². The second kappa shape index (κ2) is 8.37. The van der Waals surface area contributed by atoms with Gasteiger partial charge < -0.3 is 9.47 Å². The van der Waals surface area contributed by atoms with E-state index in [0.29, 0.717) is 39.4 Å². The molecule has 0 saturated heterocycles. The fourth-order valence-electron chi connectivity index (χ4n) is 3.49. The van der Waals surface area contributed by atoms with Crippen molar-refractivity contribution in [2.75, 3.05) is 14.2 Å². The van der Waals surface area contributed by atoms with Crippen LogP contribution in [-0.4, -0.2) is 23.8 Å². The van der Waals surface area contributed by atoms with Crippen LogP contribution in [0.4, 0.5) is 13.2 Å². The minimum Gasteiger partial charge on any atom is -0.493 e. The molecular formula is C24H19F3N2O3. The van der Waals surface area contributed by atoms with Gasteiger partial charge in [0.15, 0.2) is 11.5 Å². The average Bonchev–Trinajstić information content (AvgIpc) is 2.80. The number of nitrogens with zero attached hydrogens (tertiary/aromatic N) is 2. The van der Waals surface area contributed by atoms with Gasteiger partial charge in [0, 0.05) is 5.56 Å². The van der Waals surface area contributed by atoms with E-state index in [9.17, 15) is 18.0 Å². The van der Waals surface area contributed by atoms with Crippen LogP contribution >= 0.6 is 0 Å². The van der Waals surface area contributed by atoms with Crippen LogP contribution in [-0.2, 0) is 12.7 Å². The maximum absolute atomic E-state index is 13.3. The highest BCUT2D eigenvalue weighted by molar-refractivity contribution is 5.80. The van der Waals surface area contributed by atoms with Crippen molar-refractivity contribution in [3.8, 4) is 22.9 Å². The molecule has 0 saturated carbocycles. The van der Waals surface area contributed by atoms with E-state index < -0.39 is 11.7 Å². The van der Waals surface area contributed by atoms with Crippen molar-refractivity contribution in [2.45, 2.75) is 12.7 Å². The van der Waals surface area contributed by atoms with E-state index in [2.05, 4.69) is 4.98 Å². The van der Waals surface area contributed by atoms with Crippen molar-refractivity contribution in [3.05, 3.63) is 88.2 Å². The van der Waals surface area contributed by atoms with Crippen LogP contribution in [0.15, 0.2) is 71.5 Å². The van der Waals surface area contributed by atoms with Gasteiger partial charge >= 0.3 is 6.18 Å². The van der Waals surface area contributed by atoms with Crippen LogP contribution in [0.3, 0.4) is 0 Å². The van der Waals surface area contributed by atoms with Gasteiger partial charge in [0.2, 0.25) is 0 Å². The van der Waals surface area contributed by atoms with E-state index >= 15 is 0 Å². The molecule has 1 heterocycles. The molecule has 1 aromatic heterocycles. The van der Waals surface area contributed by atoms with Crippen LogP contribution in [0.5, 0.6) is 11.5 Å². The molecule has 164 valence electrons. The Morgan fingerprint density at radius 2 is 1.59 bits per heavy atom. The summed E-state index contributed by atoms with van der Waals surface area (Å²) in [5.74, 6) is 1.36. The first-order chi connectivity index (χ1) is 15.3. The van der Waals surface area contributed by atoms with Gasteiger partial charge in [-0.1, -0.05) is 24.3 Å². The zero-order valence-electron chi connectivity index (χ0n) is 17.3. The molecule has 0 atom stereocenters. The van der Waals surface area contributed by atoms with Gasteiger partial charge in [-0.15, -0.1) is 0 Å². The van der Waals surface area contributed by atoms with Gasteiger partial charge in [0.05, 0.1) is 37.2 Å². The molecule has 0 radical (unpaired) electrons. The predicted molar refractivity (Wildman–Crippen MR) is 115 cm³/mol. The van der Waals surface area contributed by atoms with Gasteiger partial charge in [-0.25, -0.2) is 4.98 Å². The summed E-state index contributed by atoms with van der Waals surface area (Å²) >= 11 is 0. The van der Waals surface area contributed by atoms with Crippen molar-refractivity contribution in [1.29, 1.82) is 0 Å². The summed E-state index contributed by atoms with van der Waals surface area (Å²) in [6.07, 6.45) is -4.43. The summed E-state index contributed by atoms with van der Waals surface area (Å²) in [6.45, 7) is 0.0541. The van der Waals surface area contributed by atoms with Gasteiger partial charge in [-0.05, 0) is 48.0 Å². The Labute approximate surface area is 181 Å². The number of hydrogen-bond acceptors (Lipinski definition) is 4. The molecule has 0 unspecified atom stereocenters. The molecule has 0 aliphatic carbocycles. The van der Waals surface area contributed by atoms with Crippen molar-refractivity contribution in [3.63, 3.8) is 0 Å². The van der Waals surface area contributed by atoms with E-state index in [-0.39, 0.29) is 12.1 Å². The van der Waals surface area contributed by atoms with Crippen molar-refractivity contribution in [2.24, 2.45) is 0 Å². The lowest BCUT2D eigenvalue weighted by atomic mass is 10.1. The molecule has 4 rings (SSSR count). The SMILES string of the molecule is COc1ccc(-c2nc3ccccc3c(=O)n2Cc2ccc(C(F)(F)F)cc2)cc1OC. The van der Waals surface area contributed by atoms with Crippen molar-refractivity contribution < 1.29 is 22.6 Å². The Bertz CT molecular complexity index is 1330. The Kier molecular flexibility index (Phi) is 5.61. The summed E-state index contributed by atoms with van der Waals surface area (Å²) in [5.41, 5.74) is 0.632. The highest BCUT2D eigenvalue weighted by Crippen LogP contribution is 2.32. The average molecular weight is 440 g/mol. The van der Waals surface area contributed by atoms with Crippen molar-refractivity contribution >= 4 is 10.9 Å². The first-order valence-corrected chi connectivity index (χ1v) is 9.70. The van der Waals surface area contributed by atoms with E-state index in [1.165, 1.54) is 30.9 Å². The molecule has 0 aliphatic rings. The lowest BCUT2D eigenvalue weighted by molar-refractivity contribution is -0.137. The maximum Gasteiger partial charge on any atom is 0.416 e. The second-order valence-electron chi connectivity index (χ2n) is 7.11. The Balaban J connectivity index is 1.88. The third-order valence-electron chi connectivity index (χ3n) is 5.13. The topological polar surface area (TPSA) is 53.3 Å². The fraction of sp³-hybridized carbons (Fsp3) is 0.167. The largest absolute Gasteiger partial charge is 0.493 e. The van der Waals surface area contributed by atoms with Gasteiger partial charge in [-0.2, -0.15) is 13.2 Å². The monoisotopic (exact) mass is 440 g/mol. The number of hydrogen-bond donors (Lipinski definition) is 0. The standard InChI is InChI=1S/C24H19F3N2O3/c1-31-20-12-9-16(13-21(20)32-2)22-28-19-6-4-3-5-18(19)23(30)29(22)14-15-7-10-17(11-8-15)24(25,26)27/h3-13H,14H2,1-2H3. The lowest BCUT2D eigenvalue weighted by Crippen LogP contribution is -2.24. The van der Waals surface area contributed by atoms with Crippen molar-refractivity contribution in [1.82, 2.24) is 9.55 Å². The number of benzene rings is 3. The number of para-hydroxylation sites is 1. The highest BCUT2D eigenvalue weighted by Gasteiger charge is 2.30. The van der Waals surface area contributed by atoms with Crippen LogP contribution in [0.25, 0.3) is 22.3 Å². The molecule has 32 heavy (non-hydrogen) atoms. The molecular weight excluding hydrogens is 421 g/mol. The van der Waals surface area contributed by atoms with E-state index in [4.69, 9.17) is 9.47 Å². The summed E-state index contributed by atoms with van der Waals surface area (Å²) in [5, 5.41) is 0.420. The number of methoxy groups -OCH3 is 2. The molecule has 0 amide bonds. The van der Waals surface area contributed by atoms with E-state index in [1.807, 2.05) is 0 Å². The minimum atomic E-state index is -4.43. The quantitative estimate of drug-likeness (QED) is 0.431. The summed E-state index contributed by atoms with van der Waals surface area (Å²) < 4.78 is 50.9. The molecule has 8 heteroatoms. The zero-order valence-corrected chi connectivity index (χ0v) is 17.3. The predicted octanol–water partition coefficient (Wildman–Crippen LogP) is 5.15. The molecule has 4 aromatic rings. The Morgan fingerprint density at radius 3 is 2.25 bits per heavy atom. The van der Waals surface area contributed by atoms with E-state index in [1.54, 1.807) is 42.5 Å². The zero-order chi connectivity index (χ0) is 22.9. The number of alkyl halides is 3. The Morgan fingerprint density at radius 1 is 0.906 bits per heavy atom.